The Bertz CT molecular complexity index is 486. The molecule has 1 aliphatic rings. The molecule has 1 saturated heterocycles. The van der Waals surface area contributed by atoms with Crippen molar-refractivity contribution in [3.05, 3.63) is 35.9 Å². The predicted octanol–water partition coefficient (Wildman–Crippen LogP) is 3.42. The molecule has 134 valence electrons. The van der Waals surface area contributed by atoms with E-state index in [9.17, 15) is 0 Å². The molecule has 0 aromatic heterocycles. The molecule has 1 aliphatic heterocycles. The van der Waals surface area contributed by atoms with Gasteiger partial charge in [-0.25, -0.2) is 0 Å². The van der Waals surface area contributed by atoms with Crippen LogP contribution in [0.4, 0.5) is 0 Å². The molecule has 2 rings (SSSR count). The first kappa shape index (κ1) is 18.8. The average Bonchev–Trinajstić information content (AvgIpc) is 2.61. The van der Waals surface area contributed by atoms with Crippen molar-refractivity contribution in [1.82, 2.24) is 15.5 Å². The summed E-state index contributed by atoms with van der Waals surface area (Å²) in [6, 6.07) is 10.7. The molecule has 0 bridgehead atoms. The zero-order valence-electron chi connectivity index (χ0n) is 15.6. The van der Waals surface area contributed by atoms with Crippen molar-refractivity contribution in [2.45, 2.75) is 45.6 Å². The molecule has 0 aliphatic carbocycles. The number of benzene rings is 1. The molecule has 2 N–H and O–H groups in total. The van der Waals surface area contributed by atoms with Crippen molar-refractivity contribution in [3.8, 4) is 0 Å². The van der Waals surface area contributed by atoms with Gasteiger partial charge in [0.1, 0.15) is 0 Å². The molecule has 0 spiro atoms. The van der Waals surface area contributed by atoms with Crippen molar-refractivity contribution in [2.24, 2.45) is 10.9 Å². The first-order valence-electron chi connectivity index (χ1n) is 9.43. The SMILES string of the molecule is CN=C(NCCCCN1CCCC(C)C1)NC(C)c1ccccc1. The summed E-state index contributed by atoms with van der Waals surface area (Å²) < 4.78 is 0. The third-order valence-electron chi connectivity index (χ3n) is 4.81. The summed E-state index contributed by atoms with van der Waals surface area (Å²) in [6.07, 6.45) is 5.21. The predicted molar refractivity (Wildman–Crippen MR) is 103 cm³/mol. The third kappa shape index (κ3) is 6.52. The van der Waals surface area contributed by atoms with E-state index in [1.807, 2.05) is 13.1 Å². The number of rotatable bonds is 7. The second-order valence-corrected chi connectivity index (χ2v) is 7.03. The molecule has 0 saturated carbocycles. The Morgan fingerprint density at radius 2 is 2.08 bits per heavy atom. The molecule has 1 fully saturated rings. The highest BCUT2D eigenvalue weighted by Gasteiger charge is 2.15. The van der Waals surface area contributed by atoms with Gasteiger partial charge >= 0.3 is 0 Å². The van der Waals surface area contributed by atoms with Crippen LogP contribution in [0.15, 0.2) is 35.3 Å². The maximum Gasteiger partial charge on any atom is 0.191 e. The number of likely N-dealkylation sites (tertiary alicyclic amines) is 1. The van der Waals surface area contributed by atoms with Gasteiger partial charge in [-0.2, -0.15) is 0 Å². The van der Waals surface area contributed by atoms with Gasteiger partial charge in [0, 0.05) is 20.1 Å². The summed E-state index contributed by atoms with van der Waals surface area (Å²) in [5, 5.41) is 6.89. The fourth-order valence-electron chi connectivity index (χ4n) is 3.38. The highest BCUT2D eigenvalue weighted by atomic mass is 15.2. The Morgan fingerprint density at radius 3 is 2.79 bits per heavy atom. The van der Waals surface area contributed by atoms with Gasteiger partial charge < -0.3 is 15.5 Å². The van der Waals surface area contributed by atoms with E-state index in [4.69, 9.17) is 0 Å². The number of unbranched alkanes of at least 4 members (excludes halogenated alkanes) is 1. The van der Waals surface area contributed by atoms with Crippen molar-refractivity contribution in [2.75, 3.05) is 33.2 Å². The summed E-state index contributed by atoms with van der Waals surface area (Å²) in [5.41, 5.74) is 1.28. The van der Waals surface area contributed by atoms with Crippen LogP contribution < -0.4 is 10.6 Å². The zero-order chi connectivity index (χ0) is 17.2. The topological polar surface area (TPSA) is 39.7 Å². The third-order valence-corrected chi connectivity index (χ3v) is 4.81. The van der Waals surface area contributed by atoms with Crippen LogP contribution in [0.2, 0.25) is 0 Å². The van der Waals surface area contributed by atoms with Crippen LogP contribution in [-0.4, -0.2) is 44.1 Å². The van der Waals surface area contributed by atoms with Crippen LogP contribution in [0.5, 0.6) is 0 Å². The minimum atomic E-state index is 0.257. The van der Waals surface area contributed by atoms with Crippen molar-refractivity contribution in [1.29, 1.82) is 0 Å². The van der Waals surface area contributed by atoms with E-state index in [1.165, 1.54) is 50.9 Å². The summed E-state index contributed by atoms with van der Waals surface area (Å²) in [6.45, 7) is 9.32. The summed E-state index contributed by atoms with van der Waals surface area (Å²) in [4.78, 5) is 6.96. The fraction of sp³-hybridized carbons (Fsp3) is 0.650. The molecular weight excluding hydrogens is 296 g/mol. The lowest BCUT2D eigenvalue weighted by molar-refractivity contribution is 0.181. The van der Waals surface area contributed by atoms with Crippen LogP contribution in [0.1, 0.15) is 51.1 Å². The Labute approximate surface area is 147 Å². The van der Waals surface area contributed by atoms with Gasteiger partial charge in [-0.3, -0.25) is 4.99 Å². The first-order chi connectivity index (χ1) is 11.7. The summed E-state index contributed by atoms with van der Waals surface area (Å²) >= 11 is 0. The number of piperidine rings is 1. The lowest BCUT2D eigenvalue weighted by Gasteiger charge is -2.30. The minimum Gasteiger partial charge on any atom is -0.356 e. The maximum absolute atomic E-state index is 4.33. The number of nitrogens with zero attached hydrogens (tertiary/aromatic N) is 2. The summed E-state index contributed by atoms with van der Waals surface area (Å²) in [5.74, 6) is 1.76. The van der Waals surface area contributed by atoms with Gasteiger partial charge in [-0.15, -0.1) is 0 Å². The minimum absolute atomic E-state index is 0.257. The number of hydrogen-bond acceptors (Lipinski definition) is 2. The Hall–Kier alpha value is -1.55. The van der Waals surface area contributed by atoms with Gasteiger partial charge in [-0.05, 0) is 57.2 Å². The second kappa shape index (κ2) is 10.3. The monoisotopic (exact) mass is 330 g/mol. The van der Waals surface area contributed by atoms with Gasteiger partial charge in [0.2, 0.25) is 0 Å². The van der Waals surface area contributed by atoms with E-state index in [0.29, 0.717) is 0 Å². The Morgan fingerprint density at radius 1 is 1.29 bits per heavy atom. The van der Waals surface area contributed by atoms with E-state index >= 15 is 0 Å². The molecule has 1 aromatic rings. The van der Waals surface area contributed by atoms with Crippen LogP contribution in [0.3, 0.4) is 0 Å². The molecule has 24 heavy (non-hydrogen) atoms. The smallest absolute Gasteiger partial charge is 0.191 e. The largest absolute Gasteiger partial charge is 0.356 e. The molecule has 0 amide bonds. The maximum atomic E-state index is 4.33. The highest BCUT2D eigenvalue weighted by molar-refractivity contribution is 5.80. The standard InChI is InChI=1S/C20H34N4/c1-17-10-9-15-24(16-17)14-8-7-13-22-20(21-3)23-18(2)19-11-5-4-6-12-19/h4-6,11-12,17-18H,7-10,13-16H2,1-3H3,(H2,21,22,23). The molecule has 2 unspecified atom stereocenters. The fourth-order valence-corrected chi connectivity index (χ4v) is 3.38. The van der Waals surface area contributed by atoms with Crippen molar-refractivity contribution < 1.29 is 0 Å². The first-order valence-corrected chi connectivity index (χ1v) is 9.43. The van der Waals surface area contributed by atoms with Gasteiger partial charge in [0.15, 0.2) is 5.96 Å². The van der Waals surface area contributed by atoms with Gasteiger partial charge in [0.05, 0.1) is 6.04 Å². The number of aliphatic imine (C=N–C) groups is 1. The summed E-state index contributed by atoms with van der Waals surface area (Å²) in [7, 11) is 1.84. The zero-order valence-corrected chi connectivity index (χ0v) is 15.6. The van der Waals surface area contributed by atoms with Gasteiger partial charge in [0.25, 0.3) is 0 Å². The number of guanidine groups is 1. The van der Waals surface area contributed by atoms with Crippen LogP contribution in [0.25, 0.3) is 0 Å². The number of hydrogen-bond donors (Lipinski definition) is 2. The van der Waals surface area contributed by atoms with Crippen LogP contribution in [0, 0.1) is 5.92 Å². The molecule has 4 heteroatoms. The van der Waals surface area contributed by atoms with E-state index in [2.05, 4.69) is 58.6 Å². The van der Waals surface area contributed by atoms with E-state index in [1.54, 1.807) is 0 Å². The van der Waals surface area contributed by atoms with E-state index < -0.39 is 0 Å². The van der Waals surface area contributed by atoms with Crippen LogP contribution in [-0.2, 0) is 0 Å². The van der Waals surface area contributed by atoms with Crippen molar-refractivity contribution in [3.63, 3.8) is 0 Å². The Kier molecular flexibility index (Phi) is 8.10. The van der Waals surface area contributed by atoms with E-state index in [0.717, 1.165) is 18.4 Å². The molecule has 1 aromatic carbocycles. The van der Waals surface area contributed by atoms with Crippen LogP contribution >= 0.6 is 0 Å². The second-order valence-electron chi connectivity index (χ2n) is 7.03. The average molecular weight is 331 g/mol. The molecule has 2 atom stereocenters. The lowest BCUT2D eigenvalue weighted by Crippen LogP contribution is -2.39. The lowest BCUT2D eigenvalue weighted by atomic mass is 10.0. The van der Waals surface area contributed by atoms with E-state index in [-0.39, 0.29) is 6.04 Å². The normalized spacial score (nSPS) is 20.6. The Balaban J connectivity index is 1.61. The molecule has 0 radical (unpaired) electrons. The molecule has 1 heterocycles. The number of nitrogens with one attached hydrogen (secondary N) is 2. The quantitative estimate of drug-likeness (QED) is 0.457. The van der Waals surface area contributed by atoms with Crippen molar-refractivity contribution >= 4 is 5.96 Å². The van der Waals surface area contributed by atoms with Gasteiger partial charge in [-0.1, -0.05) is 37.3 Å². The highest BCUT2D eigenvalue weighted by Crippen LogP contribution is 2.15. The molecular formula is C20H34N4. The molecule has 4 nitrogen and oxygen atoms in total.